The summed E-state index contributed by atoms with van der Waals surface area (Å²) in [7, 11) is 0. The minimum absolute atomic E-state index is 0.0599. The molecule has 3 aromatic carbocycles. The number of nitrogens with one attached hydrogen (secondary N) is 2. The lowest BCUT2D eigenvalue weighted by Crippen LogP contribution is -2.29. The molecule has 1 heterocycles. The Balaban J connectivity index is 1.47. The van der Waals surface area contributed by atoms with Crippen LogP contribution in [-0.4, -0.2) is 11.0 Å². The summed E-state index contributed by atoms with van der Waals surface area (Å²) in [6.07, 6.45) is 5.23. The van der Waals surface area contributed by atoms with Crippen LogP contribution in [0.3, 0.4) is 0 Å². The Morgan fingerprint density at radius 1 is 1.09 bits per heavy atom. The second-order valence-corrected chi connectivity index (χ2v) is 9.27. The summed E-state index contributed by atoms with van der Waals surface area (Å²) in [5, 5.41) is 17.9. The first-order valence-corrected chi connectivity index (χ1v) is 11.3. The van der Waals surface area contributed by atoms with E-state index in [-0.39, 0.29) is 34.6 Å². The number of phenolic OH excluding ortho intramolecular Hbond substituents is 1. The van der Waals surface area contributed by atoms with Gasteiger partial charge < -0.3 is 15.7 Å². The number of hydrogen-bond acceptors (Lipinski definition) is 3. The molecule has 5 rings (SSSR count). The molecule has 3 N–H and O–H groups in total. The Morgan fingerprint density at radius 2 is 1.94 bits per heavy atom. The average Bonchev–Trinajstić information content (AvgIpc) is 3.26. The van der Waals surface area contributed by atoms with Crippen molar-refractivity contribution in [1.29, 1.82) is 0 Å². The first-order valence-electron chi connectivity index (χ1n) is 10.5. The van der Waals surface area contributed by atoms with Gasteiger partial charge >= 0.3 is 0 Å². The lowest BCUT2D eigenvalue weighted by molar-refractivity contribution is 0.102. The van der Waals surface area contributed by atoms with Gasteiger partial charge in [-0.3, -0.25) is 4.79 Å². The van der Waals surface area contributed by atoms with Crippen LogP contribution in [0.15, 0.2) is 66.7 Å². The molecule has 1 aliphatic carbocycles. The Labute approximate surface area is 196 Å². The molecule has 4 nitrogen and oxygen atoms in total. The van der Waals surface area contributed by atoms with Crippen LogP contribution in [0.5, 0.6) is 5.75 Å². The Morgan fingerprint density at radius 3 is 2.75 bits per heavy atom. The molecule has 32 heavy (non-hydrogen) atoms. The van der Waals surface area contributed by atoms with Crippen molar-refractivity contribution < 1.29 is 9.90 Å². The first kappa shape index (κ1) is 20.9. The molecule has 162 valence electrons. The molecule has 1 amide bonds. The van der Waals surface area contributed by atoms with E-state index in [1.54, 1.807) is 12.1 Å². The molecular formula is C26H22Cl2N2O2. The smallest absolute Gasteiger partial charge is 0.255 e. The molecule has 0 aromatic heterocycles. The van der Waals surface area contributed by atoms with E-state index in [0.717, 1.165) is 28.9 Å². The van der Waals surface area contributed by atoms with E-state index in [2.05, 4.69) is 22.8 Å². The Bertz CT molecular complexity index is 1250. The fraction of sp³-hybridized carbons (Fsp3) is 0.192. The van der Waals surface area contributed by atoms with E-state index in [1.807, 2.05) is 49.4 Å². The largest absolute Gasteiger partial charge is 0.506 e. The van der Waals surface area contributed by atoms with E-state index in [1.165, 1.54) is 0 Å². The highest BCUT2D eigenvalue weighted by atomic mass is 35.5. The Hall–Kier alpha value is -2.95. The van der Waals surface area contributed by atoms with Crippen molar-refractivity contribution in [3.05, 3.63) is 99.0 Å². The van der Waals surface area contributed by atoms with Gasteiger partial charge in [-0.25, -0.2) is 0 Å². The molecule has 0 bridgehead atoms. The van der Waals surface area contributed by atoms with Gasteiger partial charge in [0.05, 0.1) is 11.1 Å². The van der Waals surface area contributed by atoms with E-state index in [9.17, 15) is 9.90 Å². The zero-order chi connectivity index (χ0) is 22.4. The third-order valence-corrected chi connectivity index (χ3v) is 6.80. The van der Waals surface area contributed by atoms with Crippen LogP contribution in [0.2, 0.25) is 10.0 Å². The highest BCUT2D eigenvalue weighted by Crippen LogP contribution is 2.52. The second-order valence-electron chi connectivity index (χ2n) is 8.43. The number of anilines is 2. The summed E-state index contributed by atoms with van der Waals surface area (Å²) in [6.45, 7) is 1.97. The second kappa shape index (κ2) is 8.19. The minimum atomic E-state index is -0.133. The molecule has 0 fully saturated rings. The van der Waals surface area contributed by atoms with E-state index >= 15 is 0 Å². The average molecular weight is 465 g/mol. The lowest BCUT2D eigenvalue weighted by atomic mass is 9.76. The maximum atomic E-state index is 12.7. The number of benzene rings is 3. The fourth-order valence-corrected chi connectivity index (χ4v) is 5.30. The van der Waals surface area contributed by atoms with Crippen LogP contribution >= 0.6 is 23.2 Å². The lowest BCUT2D eigenvalue weighted by Gasteiger charge is -2.38. The number of aryl methyl sites for hydroxylation is 1. The van der Waals surface area contributed by atoms with Gasteiger partial charge in [0.1, 0.15) is 5.75 Å². The van der Waals surface area contributed by atoms with Crippen molar-refractivity contribution in [2.24, 2.45) is 5.92 Å². The maximum absolute atomic E-state index is 12.7. The van der Waals surface area contributed by atoms with Crippen LogP contribution in [0.25, 0.3) is 0 Å². The summed E-state index contributed by atoms with van der Waals surface area (Å²) in [5.74, 6) is 0.284. The molecular weight excluding hydrogens is 443 g/mol. The van der Waals surface area contributed by atoms with Crippen LogP contribution in [0.1, 0.15) is 45.4 Å². The third kappa shape index (κ3) is 3.74. The minimum Gasteiger partial charge on any atom is -0.506 e. The van der Waals surface area contributed by atoms with E-state index < -0.39 is 0 Å². The fourth-order valence-electron chi connectivity index (χ4n) is 4.79. The number of amides is 1. The van der Waals surface area contributed by atoms with Crippen molar-refractivity contribution in [3.8, 4) is 5.75 Å². The zero-order valence-corrected chi connectivity index (χ0v) is 18.9. The van der Waals surface area contributed by atoms with Crippen molar-refractivity contribution in [2.75, 3.05) is 10.6 Å². The SMILES string of the molecule is Cc1cccc(C(=O)Nc2ccc3c(c2)C2C=CCC2C(c2cc(Cl)cc(Cl)c2O)N3)c1. The summed E-state index contributed by atoms with van der Waals surface area (Å²) < 4.78 is 0. The molecule has 2 aliphatic rings. The van der Waals surface area contributed by atoms with Crippen LogP contribution in [0.4, 0.5) is 11.4 Å². The van der Waals surface area contributed by atoms with E-state index in [0.29, 0.717) is 16.1 Å². The van der Waals surface area contributed by atoms with Gasteiger partial charge in [0.15, 0.2) is 0 Å². The third-order valence-electron chi connectivity index (χ3n) is 6.29. The number of phenols is 1. The molecule has 3 aromatic rings. The summed E-state index contributed by atoms with van der Waals surface area (Å²) in [6, 6.07) is 16.6. The van der Waals surface area contributed by atoms with Gasteiger partial charge in [0.25, 0.3) is 5.91 Å². The first-order chi connectivity index (χ1) is 15.4. The number of fused-ring (bicyclic) bond motifs is 3. The van der Waals surface area contributed by atoms with Gasteiger partial charge in [0.2, 0.25) is 0 Å². The number of hydrogen-bond donors (Lipinski definition) is 3. The predicted molar refractivity (Wildman–Crippen MR) is 130 cm³/mol. The molecule has 3 unspecified atom stereocenters. The molecule has 0 saturated heterocycles. The summed E-state index contributed by atoms with van der Waals surface area (Å²) >= 11 is 12.4. The summed E-state index contributed by atoms with van der Waals surface area (Å²) in [4.78, 5) is 12.7. The molecule has 3 atom stereocenters. The van der Waals surface area contributed by atoms with Crippen LogP contribution < -0.4 is 10.6 Å². The maximum Gasteiger partial charge on any atom is 0.255 e. The van der Waals surface area contributed by atoms with Gasteiger partial charge in [-0.05, 0) is 67.3 Å². The highest BCUT2D eigenvalue weighted by molar-refractivity contribution is 6.35. The van der Waals surface area contributed by atoms with Crippen LogP contribution in [0, 0.1) is 12.8 Å². The number of carbonyl (C=O) groups is 1. The Kier molecular flexibility index (Phi) is 5.36. The van der Waals surface area contributed by atoms with Gasteiger partial charge in [-0.15, -0.1) is 0 Å². The van der Waals surface area contributed by atoms with Crippen molar-refractivity contribution in [3.63, 3.8) is 0 Å². The summed E-state index contributed by atoms with van der Waals surface area (Å²) in [5.41, 5.74) is 5.21. The number of carbonyl (C=O) groups excluding carboxylic acids is 1. The van der Waals surface area contributed by atoms with Crippen molar-refractivity contribution in [1.82, 2.24) is 0 Å². The van der Waals surface area contributed by atoms with Crippen LogP contribution in [-0.2, 0) is 0 Å². The molecule has 0 spiro atoms. The number of aromatic hydroxyl groups is 1. The highest BCUT2D eigenvalue weighted by Gasteiger charge is 2.39. The van der Waals surface area contributed by atoms with E-state index in [4.69, 9.17) is 23.2 Å². The number of halogens is 2. The topological polar surface area (TPSA) is 61.4 Å². The molecule has 0 radical (unpaired) electrons. The number of rotatable bonds is 3. The number of allylic oxidation sites excluding steroid dienone is 2. The standard InChI is InChI=1S/C26H22Cl2N2O2/c1-14-4-2-5-15(10-14)26(32)29-17-8-9-23-20(13-17)18-6-3-7-19(18)24(30-23)21-11-16(27)12-22(28)25(21)31/h2-6,8-13,18-19,24,30-31H,7H2,1H3,(H,29,32). The van der Waals surface area contributed by atoms with Gasteiger partial charge in [-0.2, -0.15) is 0 Å². The predicted octanol–water partition coefficient (Wildman–Crippen LogP) is 7.09. The molecule has 1 aliphatic heterocycles. The zero-order valence-electron chi connectivity index (χ0n) is 17.4. The monoisotopic (exact) mass is 464 g/mol. The van der Waals surface area contributed by atoms with Crippen molar-refractivity contribution in [2.45, 2.75) is 25.3 Å². The molecule has 6 heteroatoms. The quantitative estimate of drug-likeness (QED) is 0.362. The van der Waals surface area contributed by atoms with Crippen molar-refractivity contribution >= 4 is 40.5 Å². The molecule has 0 saturated carbocycles. The van der Waals surface area contributed by atoms with Gasteiger partial charge in [0, 0.05) is 33.4 Å². The van der Waals surface area contributed by atoms with Gasteiger partial charge in [-0.1, -0.05) is 53.1 Å². The normalized spacial score (nSPS) is 20.9.